The van der Waals surface area contributed by atoms with E-state index in [1.807, 2.05) is 42.5 Å². The third kappa shape index (κ3) is 2.69. The Morgan fingerprint density at radius 3 is 2.42 bits per heavy atom. The van der Waals surface area contributed by atoms with Crippen LogP contribution in [-0.4, -0.2) is 38.5 Å². The minimum Gasteiger partial charge on any atom is -0.309 e. The Morgan fingerprint density at radius 1 is 0.962 bits per heavy atom. The van der Waals surface area contributed by atoms with Gasteiger partial charge < -0.3 is 9.47 Å². The van der Waals surface area contributed by atoms with Crippen molar-refractivity contribution in [3.05, 3.63) is 58.9 Å². The van der Waals surface area contributed by atoms with Crippen LogP contribution in [0.4, 0.5) is 0 Å². The molecule has 134 valence electrons. The molecule has 4 aromatic rings. The van der Waals surface area contributed by atoms with Gasteiger partial charge >= 0.3 is 0 Å². The lowest BCUT2D eigenvalue weighted by Gasteiger charge is -2.18. The highest BCUT2D eigenvalue weighted by Gasteiger charge is 2.15. The molecule has 0 radical (unpaired) electrons. The number of aryl methyl sites for hydroxylation is 1. The molecule has 0 unspecified atom stereocenters. The maximum absolute atomic E-state index is 13.1. The normalized spacial score (nSPS) is 12.0. The zero-order valence-corrected chi connectivity index (χ0v) is 15.4. The highest BCUT2D eigenvalue weighted by molar-refractivity contribution is 5.85. The summed E-state index contributed by atoms with van der Waals surface area (Å²) >= 11 is 0. The number of para-hydroxylation sites is 3. The van der Waals surface area contributed by atoms with Gasteiger partial charge in [-0.25, -0.2) is 9.38 Å². The van der Waals surface area contributed by atoms with Gasteiger partial charge in [0.25, 0.3) is 5.56 Å². The van der Waals surface area contributed by atoms with Crippen LogP contribution in [0.1, 0.15) is 20.3 Å². The summed E-state index contributed by atoms with van der Waals surface area (Å²) in [6.07, 6.45) is 1.03. The largest absolute Gasteiger partial charge is 0.309 e. The molecule has 0 aliphatic heterocycles. The van der Waals surface area contributed by atoms with Gasteiger partial charge in [0.05, 0.1) is 21.9 Å². The van der Waals surface area contributed by atoms with Gasteiger partial charge in [0.15, 0.2) is 0 Å². The topological polar surface area (TPSA) is 42.5 Å². The predicted octanol–water partition coefficient (Wildman–Crippen LogP) is 3.53. The molecule has 0 aliphatic carbocycles. The first kappa shape index (κ1) is 16.8. The fourth-order valence-electron chi connectivity index (χ4n) is 3.72. The maximum Gasteiger partial charge on any atom is 0.267 e. The quantitative estimate of drug-likeness (QED) is 0.535. The first-order chi connectivity index (χ1) is 12.7. The summed E-state index contributed by atoms with van der Waals surface area (Å²) in [5.74, 6) is 0.731. The Balaban J connectivity index is 1.89. The van der Waals surface area contributed by atoms with Crippen LogP contribution < -0.4 is 5.56 Å². The van der Waals surface area contributed by atoms with Crippen molar-refractivity contribution < 1.29 is 0 Å². The van der Waals surface area contributed by atoms with Crippen molar-refractivity contribution in [1.29, 1.82) is 0 Å². The van der Waals surface area contributed by atoms with Gasteiger partial charge in [-0.1, -0.05) is 38.1 Å². The van der Waals surface area contributed by atoms with Crippen LogP contribution in [0.2, 0.25) is 0 Å². The Bertz CT molecular complexity index is 1120. The van der Waals surface area contributed by atoms with E-state index in [-0.39, 0.29) is 5.56 Å². The smallest absolute Gasteiger partial charge is 0.267 e. The monoisotopic (exact) mass is 348 g/mol. The molecule has 0 atom stereocenters. The van der Waals surface area contributed by atoms with Crippen LogP contribution in [0.15, 0.2) is 53.3 Å². The highest BCUT2D eigenvalue weighted by atomic mass is 16.1. The average Bonchev–Trinajstić information content (AvgIpc) is 2.99. The van der Waals surface area contributed by atoms with Gasteiger partial charge in [0.1, 0.15) is 0 Å². The Hall–Kier alpha value is -2.66. The van der Waals surface area contributed by atoms with Crippen molar-refractivity contribution in [3.63, 3.8) is 0 Å². The van der Waals surface area contributed by atoms with Gasteiger partial charge in [-0.3, -0.25) is 4.79 Å². The molecule has 0 bridgehead atoms. The van der Waals surface area contributed by atoms with E-state index < -0.39 is 0 Å². The molecule has 2 heterocycles. The van der Waals surface area contributed by atoms with Crippen LogP contribution >= 0.6 is 0 Å². The van der Waals surface area contributed by atoms with Crippen molar-refractivity contribution in [1.82, 2.24) is 18.9 Å². The van der Waals surface area contributed by atoms with Gasteiger partial charge in [0, 0.05) is 6.54 Å². The van der Waals surface area contributed by atoms with Crippen molar-refractivity contribution in [2.75, 3.05) is 19.6 Å². The van der Waals surface area contributed by atoms with Gasteiger partial charge in [0.2, 0.25) is 5.78 Å². The summed E-state index contributed by atoms with van der Waals surface area (Å²) in [6.45, 7) is 8.40. The lowest BCUT2D eigenvalue weighted by molar-refractivity contribution is 0.294. The maximum atomic E-state index is 13.1. The molecular formula is C21H24N4O. The first-order valence-electron chi connectivity index (χ1n) is 9.35. The second-order valence-electron chi connectivity index (χ2n) is 6.59. The minimum atomic E-state index is 0.00397. The number of rotatable bonds is 6. The lowest BCUT2D eigenvalue weighted by Crippen LogP contribution is -2.25. The van der Waals surface area contributed by atoms with E-state index >= 15 is 0 Å². The molecule has 0 saturated carbocycles. The van der Waals surface area contributed by atoms with E-state index in [4.69, 9.17) is 4.98 Å². The number of fused-ring (bicyclic) bond motifs is 4. The van der Waals surface area contributed by atoms with E-state index in [1.165, 1.54) is 0 Å². The minimum absolute atomic E-state index is 0.00397. The number of nitrogens with zero attached hydrogens (tertiary/aromatic N) is 4. The molecule has 0 N–H and O–H groups in total. The molecule has 4 rings (SSSR count). The van der Waals surface area contributed by atoms with Crippen molar-refractivity contribution in [3.8, 4) is 0 Å². The standard InChI is InChI=1S/C21H24N4O/c1-3-23(4-2)14-9-15-24-18-12-7-8-13-19(18)25-20(26)16-10-5-6-11-17(16)22-21(24)25/h5-8,10-13H,3-4,9,14-15H2,1-2H3. The summed E-state index contributed by atoms with van der Waals surface area (Å²) in [5, 5.41) is 0.663. The molecule has 2 aromatic carbocycles. The zero-order valence-electron chi connectivity index (χ0n) is 15.4. The van der Waals surface area contributed by atoms with Crippen LogP contribution in [-0.2, 0) is 6.54 Å². The second-order valence-corrected chi connectivity index (χ2v) is 6.59. The summed E-state index contributed by atoms with van der Waals surface area (Å²) in [6, 6.07) is 15.7. The Labute approximate surface area is 152 Å². The second kappa shape index (κ2) is 6.92. The molecule has 0 fully saturated rings. The first-order valence-corrected chi connectivity index (χ1v) is 9.35. The predicted molar refractivity (Wildman–Crippen MR) is 107 cm³/mol. The highest BCUT2D eigenvalue weighted by Crippen LogP contribution is 2.20. The number of imidazole rings is 1. The average molecular weight is 348 g/mol. The Morgan fingerprint density at radius 2 is 1.65 bits per heavy atom. The summed E-state index contributed by atoms with van der Waals surface area (Å²) in [7, 11) is 0. The molecule has 0 saturated heterocycles. The van der Waals surface area contributed by atoms with E-state index in [2.05, 4.69) is 29.4 Å². The number of hydrogen-bond donors (Lipinski definition) is 0. The fourth-order valence-corrected chi connectivity index (χ4v) is 3.72. The van der Waals surface area contributed by atoms with E-state index in [0.29, 0.717) is 5.39 Å². The third-order valence-corrected chi connectivity index (χ3v) is 5.16. The fraction of sp³-hybridized carbons (Fsp3) is 0.333. The van der Waals surface area contributed by atoms with Gasteiger partial charge in [-0.2, -0.15) is 0 Å². The Kier molecular flexibility index (Phi) is 4.47. The summed E-state index contributed by atoms with van der Waals surface area (Å²) < 4.78 is 3.95. The summed E-state index contributed by atoms with van der Waals surface area (Å²) in [4.78, 5) is 20.3. The third-order valence-electron chi connectivity index (χ3n) is 5.16. The van der Waals surface area contributed by atoms with Crippen LogP contribution in [0.3, 0.4) is 0 Å². The van der Waals surface area contributed by atoms with E-state index in [0.717, 1.165) is 54.9 Å². The lowest BCUT2D eigenvalue weighted by atomic mass is 10.2. The van der Waals surface area contributed by atoms with Crippen molar-refractivity contribution in [2.24, 2.45) is 0 Å². The van der Waals surface area contributed by atoms with Crippen molar-refractivity contribution >= 4 is 27.7 Å². The molecule has 0 aliphatic rings. The molecule has 2 aromatic heterocycles. The zero-order chi connectivity index (χ0) is 18.1. The van der Waals surface area contributed by atoms with E-state index in [9.17, 15) is 4.79 Å². The molecule has 5 nitrogen and oxygen atoms in total. The molecular weight excluding hydrogens is 324 g/mol. The number of hydrogen-bond acceptors (Lipinski definition) is 3. The number of benzene rings is 2. The van der Waals surface area contributed by atoms with Gasteiger partial charge in [-0.15, -0.1) is 0 Å². The molecule has 0 amide bonds. The van der Waals surface area contributed by atoms with Crippen molar-refractivity contribution in [2.45, 2.75) is 26.8 Å². The molecule has 26 heavy (non-hydrogen) atoms. The molecule has 0 spiro atoms. The molecule has 5 heteroatoms. The van der Waals surface area contributed by atoms with Crippen LogP contribution in [0.5, 0.6) is 0 Å². The SMILES string of the molecule is CCN(CC)CCCn1c2ccccc2n2c(=O)c3ccccc3nc12. The van der Waals surface area contributed by atoms with Gasteiger partial charge in [-0.05, 0) is 50.3 Å². The van der Waals surface area contributed by atoms with Crippen LogP contribution in [0, 0.1) is 0 Å². The summed E-state index contributed by atoms with van der Waals surface area (Å²) in [5.41, 5.74) is 2.75. The number of aromatic nitrogens is 3. The van der Waals surface area contributed by atoms with E-state index in [1.54, 1.807) is 4.40 Å². The van der Waals surface area contributed by atoms with Crippen LogP contribution in [0.25, 0.3) is 27.7 Å².